The Morgan fingerprint density at radius 2 is 2.00 bits per heavy atom. The van der Waals surface area contributed by atoms with Crippen molar-refractivity contribution in [2.45, 2.75) is 6.42 Å². The van der Waals surface area contributed by atoms with Crippen molar-refractivity contribution >= 4 is 44.9 Å². The van der Waals surface area contributed by atoms with Gasteiger partial charge in [-0.05, 0) is 52.7 Å². The SMILES string of the molecule is CN(CCCNc1cc(-c2ccccc2Cl)nc2c(Br)cnn12)C(=O)c1ccc(C#N)cc1. The van der Waals surface area contributed by atoms with Crippen LogP contribution >= 0.6 is 27.5 Å². The van der Waals surface area contributed by atoms with Crippen LogP contribution in [0, 0.1) is 11.3 Å². The molecule has 2 aromatic carbocycles. The molecule has 1 N–H and O–H groups in total. The van der Waals surface area contributed by atoms with Gasteiger partial charge in [-0.15, -0.1) is 0 Å². The second-order valence-corrected chi connectivity index (χ2v) is 8.69. The van der Waals surface area contributed by atoms with Crippen molar-refractivity contribution in [2.75, 3.05) is 25.5 Å². The first kappa shape index (κ1) is 22.8. The number of nitrogens with zero attached hydrogens (tertiary/aromatic N) is 5. The first-order valence-corrected chi connectivity index (χ1v) is 11.4. The van der Waals surface area contributed by atoms with Gasteiger partial charge >= 0.3 is 0 Å². The van der Waals surface area contributed by atoms with E-state index < -0.39 is 0 Å². The van der Waals surface area contributed by atoms with Gasteiger partial charge in [0.25, 0.3) is 5.91 Å². The van der Waals surface area contributed by atoms with Gasteiger partial charge in [0.2, 0.25) is 0 Å². The Kier molecular flexibility index (Phi) is 6.92. The lowest BCUT2D eigenvalue weighted by Gasteiger charge is -2.18. The average molecular weight is 524 g/mol. The number of amides is 1. The minimum Gasteiger partial charge on any atom is -0.370 e. The van der Waals surface area contributed by atoms with E-state index in [2.05, 4.69) is 32.4 Å². The van der Waals surface area contributed by atoms with E-state index in [0.717, 1.165) is 28.0 Å². The normalized spacial score (nSPS) is 10.7. The number of halogens is 2. The highest BCUT2D eigenvalue weighted by atomic mass is 79.9. The molecule has 0 aliphatic heterocycles. The summed E-state index contributed by atoms with van der Waals surface area (Å²) in [6, 6.07) is 18.2. The van der Waals surface area contributed by atoms with E-state index in [9.17, 15) is 4.79 Å². The summed E-state index contributed by atoms with van der Waals surface area (Å²) >= 11 is 9.89. The molecule has 0 atom stereocenters. The first-order valence-electron chi connectivity index (χ1n) is 10.3. The summed E-state index contributed by atoms with van der Waals surface area (Å²) in [4.78, 5) is 19.0. The van der Waals surface area contributed by atoms with Crippen LogP contribution in [0.15, 0.2) is 65.3 Å². The Bertz CT molecular complexity index is 1350. The summed E-state index contributed by atoms with van der Waals surface area (Å²) < 4.78 is 2.52. The molecule has 166 valence electrons. The van der Waals surface area contributed by atoms with Crippen molar-refractivity contribution in [2.24, 2.45) is 0 Å². The molecule has 0 aliphatic carbocycles. The molecule has 0 radical (unpaired) electrons. The lowest BCUT2D eigenvalue weighted by atomic mass is 10.1. The Morgan fingerprint density at radius 3 is 2.73 bits per heavy atom. The van der Waals surface area contributed by atoms with Crippen LogP contribution in [-0.4, -0.2) is 45.5 Å². The van der Waals surface area contributed by atoms with Crippen molar-refractivity contribution < 1.29 is 4.79 Å². The van der Waals surface area contributed by atoms with Gasteiger partial charge in [-0.25, -0.2) is 4.98 Å². The van der Waals surface area contributed by atoms with Gasteiger partial charge in [-0.3, -0.25) is 4.79 Å². The molecule has 2 aromatic heterocycles. The molecule has 0 spiro atoms. The first-order chi connectivity index (χ1) is 16.0. The highest BCUT2D eigenvalue weighted by Gasteiger charge is 2.14. The standard InChI is InChI=1S/C24H20BrClN6O/c1-31(24(33)17-9-7-16(14-27)8-10-17)12-4-11-28-22-13-21(18-5-2-3-6-20(18)26)30-23-19(25)15-29-32(22)23/h2-3,5-10,13,15,28H,4,11-12H2,1H3. The molecule has 0 saturated heterocycles. The fourth-order valence-electron chi connectivity index (χ4n) is 3.41. The van der Waals surface area contributed by atoms with Gasteiger partial charge in [-0.1, -0.05) is 29.8 Å². The fraction of sp³-hybridized carbons (Fsp3) is 0.167. The van der Waals surface area contributed by atoms with E-state index in [0.29, 0.717) is 34.9 Å². The largest absolute Gasteiger partial charge is 0.370 e. The monoisotopic (exact) mass is 522 g/mol. The summed E-state index contributed by atoms with van der Waals surface area (Å²) in [5.74, 6) is 0.699. The van der Waals surface area contributed by atoms with Crippen molar-refractivity contribution in [3.05, 3.63) is 81.4 Å². The third-order valence-corrected chi connectivity index (χ3v) is 6.05. The lowest BCUT2D eigenvalue weighted by molar-refractivity contribution is 0.0794. The molecule has 0 unspecified atom stereocenters. The zero-order valence-corrected chi connectivity index (χ0v) is 20.1. The van der Waals surface area contributed by atoms with E-state index in [1.54, 1.807) is 46.9 Å². The van der Waals surface area contributed by atoms with E-state index in [4.69, 9.17) is 21.8 Å². The Balaban J connectivity index is 1.44. The molecule has 1 amide bonds. The Labute approximate surface area is 204 Å². The van der Waals surface area contributed by atoms with Crippen LogP contribution in [-0.2, 0) is 0 Å². The van der Waals surface area contributed by atoms with Gasteiger partial charge in [-0.2, -0.15) is 14.9 Å². The highest BCUT2D eigenvalue weighted by molar-refractivity contribution is 9.10. The Morgan fingerprint density at radius 1 is 1.24 bits per heavy atom. The number of fused-ring (bicyclic) bond motifs is 1. The summed E-state index contributed by atoms with van der Waals surface area (Å²) in [7, 11) is 1.77. The van der Waals surface area contributed by atoms with Gasteiger partial charge < -0.3 is 10.2 Å². The zero-order valence-electron chi connectivity index (χ0n) is 17.8. The second kappa shape index (κ2) is 10.0. The summed E-state index contributed by atoms with van der Waals surface area (Å²) in [6.07, 6.45) is 2.43. The number of anilines is 1. The number of nitriles is 1. The molecule has 0 aliphatic rings. The van der Waals surface area contributed by atoms with Crippen molar-refractivity contribution in [3.63, 3.8) is 0 Å². The van der Waals surface area contributed by atoms with Gasteiger partial charge in [0.05, 0.1) is 28.0 Å². The average Bonchev–Trinajstić information content (AvgIpc) is 3.22. The van der Waals surface area contributed by atoms with Crippen molar-refractivity contribution in [1.82, 2.24) is 19.5 Å². The van der Waals surface area contributed by atoms with Crippen LogP contribution in [0.3, 0.4) is 0 Å². The zero-order chi connectivity index (χ0) is 23.4. The molecule has 4 aromatic rings. The van der Waals surface area contributed by atoms with Crippen LogP contribution in [0.2, 0.25) is 5.02 Å². The highest BCUT2D eigenvalue weighted by Crippen LogP contribution is 2.30. The molecular formula is C24H20BrClN6O. The molecule has 4 rings (SSSR count). The number of hydrogen-bond acceptors (Lipinski definition) is 5. The number of carbonyl (C=O) groups excluding carboxylic acids is 1. The number of benzene rings is 2. The van der Waals surface area contributed by atoms with Crippen molar-refractivity contribution in [3.8, 4) is 17.3 Å². The molecule has 7 nitrogen and oxygen atoms in total. The molecular weight excluding hydrogens is 504 g/mol. The van der Waals surface area contributed by atoms with Crippen LogP contribution in [0.1, 0.15) is 22.3 Å². The molecule has 33 heavy (non-hydrogen) atoms. The number of aromatic nitrogens is 3. The van der Waals surface area contributed by atoms with Gasteiger partial charge in [0.1, 0.15) is 5.82 Å². The maximum Gasteiger partial charge on any atom is 0.253 e. The van der Waals surface area contributed by atoms with E-state index in [-0.39, 0.29) is 5.91 Å². The summed E-state index contributed by atoms with van der Waals surface area (Å²) in [5.41, 5.74) is 3.35. The smallest absolute Gasteiger partial charge is 0.253 e. The van der Waals surface area contributed by atoms with E-state index >= 15 is 0 Å². The lowest BCUT2D eigenvalue weighted by Crippen LogP contribution is -2.29. The predicted octanol–water partition coefficient (Wildman–Crippen LogP) is 5.26. The second-order valence-electron chi connectivity index (χ2n) is 7.43. The van der Waals surface area contributed by atoms with Crippen molar-refractivity contribution in [1.29, 1.82) is 5.26 Å². The maximum absolute atomic E-state index is 12.6. The molecule has 0 bridgehead atoms. The van der Waals surface area contributed by atoms with E-state index in [1.807, 2.05) is 30.3 Å². The quantitative estimate of drug-likeness (QED) is 0.334. The minimum absolute atomic E-state index is 0.0807. The van der Waals surface area contributed by atoms with Crippen LogP contribution in [0.4, 0.5) is 5.82 Å². The fourth-order valence-corrected chi connectivity index (χ4v) is 3.99. The van der Waals surface area contributed by atoms with Gasteiger partial charge in [0, 0.05) is 42.4 Å². The number of nitrogens with one attached hydrogen (secondary N) is 1. The minimum atomic E-state index is -0.0807. The predicted molar refractivity (Wildman–Crippen MR) is 132 cm³/mol. The summed E-state index contributed by atoms with van der Waals surface area (Å²) in [5, 5.41) is 17.3. The van der Waals surface area contributed by atoms with Crippen LogP contribution < -0.4 is 5.32 Å². The number of hydrogen-bond donors (Lipinski definition) is 1. The third-order valence-electron chi connectivity index (χ3n) is 5.16. The van der Waals surface area contributed by atoms with Crippen LogP contribution in [0.5, 0.6) is 0 Å². The van der Waals surface area contributed by atoms with E-state index in [1.165, 1.54) is 0 Å². The third kappa shape index (κ3) is 5.00. The molecule has 0 saturated carbocycles. The summed E-state index contributed by atoms with van der Waals surface area (Å²) in [6.45, 7) is 1.20. The molecule has 2 heterocycles. The molecule has 9 heteroatoms. The number of carbonyl (C=O) groups is 1. The number of rotatable bonds is 7. The topological polar surface area (TPSA) is 86.3 Å². The van der Waals surface area contributed by atoms with Gasteiger partial charge in [0.15, 0.2) is 5.65 Å². The maximum atomic E-state index is 12.6. The van der Waals surface area contributed by atoms with Crippen LogP contribution in [0.25, 0.3) is 16.9 Å². The Hall–Kier alpha value is -3.41. The molecule has 0 fully saturated rings.